The van der Waals surface area contributed by atoms with E-state index in [0.717, 1.165) is 57.8 Å². The van der Waals surface area contributed by atoms with Gasteiger partial charge in [-0.15, -0.1) is 10.2 Å². The molecule has 0 N–H and O–H groups in total. The van der Waals surface area contributed by atoms with Gasteiger partial charge in [-0.1, -0.05) is 0 Å². The molecular weight excluding hydrogens is 334 g/mol. The zero-order chi connectivity index (χ0) is 17.2. The van der Waals surface area contributed by atoms with E-state index in [4.69, 9.17) is 0 Å². The number of hydrogen-bond donors (Lipinski definition) is 0. The van der Waals surface area contributed by atoms with Crippen molar-refractivity contribution in [2.24, 2.45) is 5.92 Å². The molecule has 0 radical (unpaired) electrons. The number of aryl methyl sites for hydroxylation is 2. The quantitative estimate of drug-likeness (QED) is 0.843. The summed E-state index contributed by atoms with van der Waals surface area (Å²) < 4.78 is 2.09. The molecule has 4 heterocycles. The summed E-state index contributed by atoms with van der Waals surface area (Å²) in [7, 11) is 0. The van der Waals surface area contributed by atoms with E-state index in [0.29, 0.717) is 11.9 Å². The number of carbonyl (C=O) groups excluding carboxylic acids is 1. The van der Waals surface area contributed by atoms with E-state index in [1.54, 1.807) is 17.7 Å². The van der Waals surface area contributed by atoms with Gasteiger partial charge < -0.3 is 9.47 Å². The van der Waals surface area contributed by atoms with Crippen LogP contribution in [0.1, 0.15) is 37.2 Å². The molecule has 0 bridgehead atoms. The summed E-state index contributed by atoms with van der Waals surface area (Å²) in [6.07, 6.45) is 4.43. The molecule has 4 rings (SSSR count). The Balaban J connectivity index is 1.31. The van der Waals surface area contributed by atoms with Gasteiger partial charge in [-0.3, -0.25) is 9.69 Å². The van der Waals surface area contributed by atoms with Gasteiger partial charge in [-0.2, -0.15) is 11.3 Å². The van der Waals surface area contributed by atoms with E-state index in [-0.39, 0.29) is 5.92 Å². The Kier molecular flexibility index (Phi) is 4.85. The minimum absolute atomic E-state index is 0.127. The fourth-order valence-electron chi connectivity index (χ4n) is 3.96. The van der Waals surface area contributed by atoms with Crippen molar-refractivity contribution in [3.63, 3.8) is 0 Å². The van der Waals surface area contributed by atoms with E-state index in [9.17, 15) is 4.79 Å². The molecule has 134 valence electrons. The van der Waals surface area contributed by atoms with Crippen LogP contribution in [0.15, 0.2) is 23.2 Å². The van der Waals surface area contributed by atoms with Gasteiger partial charge in [0.05, 0.1) is 0 Å². The van der Waals surface area contributed by atoms with Crippen molar-refractivity contribution in [1.82, 2.24) is 24.6 Å². The highest BCUT2D eigenvalue weighted by Crippen LogP contribution is 2.25. The first-order chi connectivity index (χ1) is 12.2. The molecule has 0 saturated carbocycles. The lowest BCUT2D eigenvalue weighted by Gasteiger charge is -2.39. The van der Waals surface area contributed by atoms with Crippen LogP contribution in [-0.4, -0.2) is 56.7 Å². The van der Waals surface area contributed by atoms with Crippen LogP contribution in [0.3, 0.4) is 0 Å². The summed E-state index contributed by atoms with van der Waals surface area (Å²) in [6, 6.07) is 2.64. The van der Waals surface area contributed by atoms with Crippen molar-refractivity contribution in [2.75, 3.05) is 26.2 Å². The molecule has 0 aromatic carbocycles. The van der Waals surface area contributed by atoms with Crippen LogP contribution in [0.25, 0.3) is 0 Å². The van der Waals surface area contributed by atoms with Crippen LogP contribution in [0, 0.1) is 5.92 Å². The molecule has 2 aromatic heterocycles. The zero-order valence-electron chi connectivity index (χ0n) is 14.7. The molecule has 2 aromatic rings. The van der Waals surface area contributed by atoms with Gasteiger partial charge in [-0.25, -0.2) is 0 Å². The predicted molar refractivity (Wildman–Crippen MR) is 97.3 cm³/mol. The SMILES string of the molecule is CC(c1ccsc1)N1CCN(C(=O)C2CCc3nncn3CC2)CC1. The summed E-state index contributed by atoms with van der Waals surface area (Å²) in [4.78, 5) is 17.5. The number of fused-ring (bicyclic) bond motifs is 1. The lowest BCUT2D eigenvalue weighted by Crippen LogP contribution is -2.50. The third-order valence-corrected chi connectivity index (χ3v) is 6.38. The first-order valence-corrected chi connectivity index (χ1v) is 10.1. The second kappa shape index (κ2) is 7.25. The molecule has 0 spiro atoms. The van der Waals surface area contributed by atoms with Crippen LogP contribution in [0.2, 0.25) is 0 Å². The highest BCUT2D eigenvalue weighted by Gasteiger charge is 2.30. The summed E-state index contributed by atoms with van der Waals surface area (Å²) in [5, 5.41) is 12.5. The second-order valence-electron chi connectivity index (χ2n) is 7.06. The molecule has 1 amide bonds. The topological polar surface area (TPSA) is 54.3 Å². The highest BCUT2D eigenvalue weighted by atomic mass is 32.1. The third kappa shape index (κ3) is 3.48. The highest BCUT2D eigenvalue weighted by molar-refractivity contribution is 7.07. The van der Waals surface area contributed by atoms with E-state index in [1.165, 1.54) is 5.56 Å². The largest absolute Gasteiger partial charge is 0.340 e. The first-order valence-electron chi connectivity index (χ1n) is 9.14. The molecule has 0 aliphatic carbocycles. The van der Waals surface area contributed by atoms with Crippen molar-refractivity contribution in [1.29, 1.82) is 0 Å². The number of amides is 1. The number of hydrogen-bond acceptors (Lipinski definition) is 5. The fourth-order valence-corrected chi connectivity index (χ4v) is 4.71. The molecule has 1 saturated heterocycles. The number of rotatable bonds is 3. The number of thiophene rings is 1. The fraction of sp³-hybridized carbons (Fsp3) is 0.611. The van der Waals surface area contributed by atoms with E-state index >= 15 is 0 Å². The monoisotopic (exact) mass is 359 g/mol. The summed E-state index contributed by atoms with van der Waals surface area (Å²) in [5.41, 5.74) is 1.39. The average Bonchev–Trinajstić information content (AvgIpc) is 3.30. The molecule has 2 aliphatic heterocycles. The minimum Gasteiger partial charge on any atom is -0.340 e. The minimum atomic E-state index is 0.127. The van der Waals surface area contributed by atoms with Crippen molar-refractivity contribution in [2.45, 2.75) is 38.8 Å². The van der Waals surface area contributed by atoms with E-state index < -0.39 is 0 Å². The van der Waals surface area contributed by atoms with Crippen LogP contribution in [0.5, 0.6) is 0 Å². The predicted octanol–water partition coefficient (Wildman–Crippen LogP) is 2.20. The number of aromatic nitrogens is 3. The van der Waals surface area contributed by atoms with Crippen molar-refractivity contribution in [3.05, 3.63) is 34.5 Å². The zero-order valence-corrected chi connectivity index (χ0v) is 15.5. The standard InChI is InChI=1S/C18H25N5OS/c1-14(16-5-11-25-12-16)21-7-9-22(10-8-21)18(24)15-2-3-17-20-19-13-23(17)6-4-15/h5,11-15H,2-4,6-10H2,1H3. The van der Waals surface area contributed by atoms with Crippen LogP contribution in [-0.2, 0) is 17.8 Å². The lowest BCUT2D eigenvalue weighted by atomic mass is 9.98. The Bertz CT molecular complexity index is 682. The summed E-state index contributed by atoms with van der Waals surface area (Å²) in [6.45, 7) is 6.72. The Hall–Kier alpha value is -1.73. The smallest absolute Gasteiger partial charge is 0.225 e. The molecule has 2 unspecified atom stereocenters. The number of nitrogens with zero attached hydrogens (tertiary/aromatic N) is 5. The molecular formula is C18H25N5OS. The van der Waals surface area contributed by atoms with E-state index in [2.05, 4.69) is 48.3 Å². The van der Waals surface area contributed by atoms with E-state index in [1.807, 2.05) is 0 Å². The van der Waals surface area contributed by atoms with Gasteiger partial charge >= 0.3 is 0 Å². The first kappa shape index (κ1) is 16.7. The molecule has 1 fully saturated rings. The maximum Gasteiger partial charge on any atom is 0.225 e. The Morgan fingerprint density at radius 2 is 2.08 bits per heavy atom. The van der Waals surface area contributed by atoms with Crippen molar-refractivity contribution in [3.8, 4) is 0 Å². The summed E-state index contributed by atoms with van der Waals surface area (Å²) >= 11 is 1.75. The van der Waals surface area contributed by atoms with Crippen molar-refractivity contribution >= 4 is 17.2 Å². The van der Waals surface area contributed by atoms with Crippen LogP contribution in [0.4, 0.5) is 0 Å². The molecule has 25 heavy (non-hydrogen) atoms. The Morgan fingerprint density at radius 1 is 1.24 bits per heavy atom. The average molecular weight is 359 g/mol. The molecule has 7 heteroatoms. The van der Waals surface area contributed by atoms with Crippen LogP contribution < -0.4 is 0 Å². The van der Waals surface area contributed by atoms with Crippen molar-refractivity contribution < 1.29 is 4.79 Å². The molecule has 2 atom stereocenters. The summed E-state index contributed by atoms with van der Waals surface area (Å²) in [5.74, 6) is 1.48. The van der Waals surface area contributed by atoms with Gasteiger partial charge in [0.2, 0.25) is 5.91 Å². The Morgan fingerprint density at radius 3 is 2.84 bits per heavy atom. The maximum absolute atomic E-state index is 12.9. The maximum atomic E-state index is 12.9. The van der Waals surface area contributed by atoms with Crippen LogP contribution >= 0.6 is 11.3 Å². The van der Waals surface area contributed by atoms with Gasteiger partial charge in [0.15, 0.2) is 0 Å². The van der Waals surface area contributed by atoms with Gasteiger partial charge in [0.25, 0.3) is 0 Å². The number of piperazine rings is 1. The van der Waals surface area contributed by atoms with Gasteiger partial charge in [-0.05, 0) is 42.2 Å². The van der Waals surface area contributed by atoms with Gasteiger partial charge in [0, 0.05) is 51.1 Å². The third-order valence-electron chi connectivity index (χ3n) is 5.68. The Labute approximate surface area is 152 Å². The van der Waals surface area contributed by atoms with Gasteiger partial charge in [0.1, 0.15) is 12.2 Å². The molecule has 2 aliphatic rings. The normalized spacial score (nSPS) is 23.1. The second-order valence-corrected chi connectivity index (χ2v) is 7.84. The molecule has 6 nitrogen and oxygen atoms in total. The number of carbonyl (C=O) groups is 1. The lowest BCUT2D eigenvalue weighted by molar-refractivity contribution is -0.138.